The zero-order valence-electron chi connectivity index (χ0n) is 17.5. The van der Waals surface area contributed by atoms with Gasteiger partial charge in [0.2, 0.25) is 5.71 Å². The number of hydrogen-bond donors (Lipinski definition) is 1. The van der Waals surface area contributed by atoms with Crippen LogP contribution in [0.25, 0.3) is 39.2 Å². The fraction of sp³-hybridized carbons (Fsp3) is 0.261. The number of hydrogen-bond acceptors (Lipinski definition) is 7. The molecule has 0 atom stereocenters. The number of fused-ring (bicyclic) bond motifs is 1. The average molecular weight is 466 g/mol. The predicted octanol–water partition coefficient (Wildman–Crippen LogP) is 3.59. The maximum atomic E-state index is 13.6. The van der Waals surface area contributed by atoms with Gasteiger partial charge in [0.1, 0.15) is 23.6 Å². The largest absolute Gasteiger partial charge is 0.438 e. The lowest BCUT2D eigenvalue weighted by Gasteiger charge is -2.25. The fourth-order valence-electron chi connectivity index (χ4n) is 4.33. The summed E-state index contributed by atoms with van der Waals surface area (Å²) in [5.74, 6) is 0.489. The van der Waals surface area contributed by atoms with Crippen molar-refractivity contribution in [3.05, 3.63) is 60.6 Å². The molecule has 0 bridgehead atoms. The molecule has 10 heteroatoms. The minimum absolute atomic E-state index is 0.0488. The van der Waals surface area contributed by atoms with Crippen LogP contribution < -0.4 is 5.32 Å². The van der Waals surface area contributed by atoms with E-state index in [1.54, 1.807) is 16.8 Å². The Balaban J connectivity index is 1.50. The van der Waals surface area contributed by atoms with Gasteiger partial charge >= 0.3 is 0 Å². The molecule has 1 N–H and O–H groups in total. The summed E-state index contributed by atoms with van der Waals surface area (Å²) >= 11 is 0. The number of nitrogens with one attached hydrogen (secondary N) is 1. The predicted molar refractivity (Wildman–Crippen MR) is 121 cm³/mol. The summed E-state index contributed by atoms with van der Waals surface area (Å²) < 4.78 is 44.8. The first kappa shape index (κ1) is 20.1. The smallest absolute Gasteiger partial charge is 0.230 e. The van der Waals surface area contributed by atoms with E-state index in [0.29, 0.717) is 28.2 Å². The summed E-state index contributed by atoms with van der Waals surface area (Å²) in [7, 11) is -3.02. The number of nitrogens with zero attached hydrogens (tertiary/aromatic N) is 4. The molecule has 5 heterocycles. The van der Waals surface area contributed by atoms with Crippen LogP contribution in [0.1, 0.15) is 24.6 Å². The van der Waals surface area contributed by atoms with Crippen LogP contribution in [-0.4, -0.2) is 46.2 Å². The van der Waals surface area contributed by atoms with Crippen molar-refractivity contribution in [1.82, 2.24) is 25.1 Å². The second kappa shape index (κ2) is 7.51. The van der Waals surface area contributed by atoms with Gasteiger partial charge in [0.05, 0.1) is 28.6 Å². The molecule has 0 radical (unpaired) electrons. The normalized spacial score (nSPS) is 18.0. The quantitative estimate of drug-likeness (QED) is 0.491. The van der Waals surface area contributed by atoms with Crippen molar-refractivity contribution in [3.8, 4) is 22.5 Å². The second-order valence-corrected chi connectivity index (χ2v) is 10.5. The molecule has 1 saturated heterocycles. The third-order valence-electron chi connectivity index (χ3n) is 6.06. The molecule has 2 aliphatic heterocycles. The Morgan fingerprint density at radius 1 is 1.12 bits per heavy atom. The minimum Gasteiger partial charge on any atom is -0.438 e. The van der Waals surface area contributed by atoms with Gasteiger partial charge in [-0.15, -0.1) is 0 Å². The molecule has 0 saturated carbocycles. The highest BCUT2D eigenvalue weighted by Gasteiger charge is 2.36. The maximum Gasteiger partial charge on any atom is 0.230 e. The number of benzene rings is 1. The van der Waals surface area contributed by atoms with Gasteiger partial charge in [0, 0.05) is 35.6 Å². The van der Waals surface area contributed by atoms with Crippen LogP contribution in [0.3, 0.4) is 0 Å². The van der Waals surface area contributed by atoms with Gasteiger partial charge in [-0.1, -0.05) is 0 Å². The molecule has 0 unspecified atom stereocenters. The molecule has 0 amide bonds. The number of aromatic nitrogens is 4. The summed E-state index contributed by atoms with van der Waals surface area (Å²) in [5.41, 5.74) is 4.18. The van der Waals surface area contributed by atoms with E-state index in [4.69, 9.17) is 9.52 Å². The Kier molecular flexibility index (Phi) is 4.58. The van der Waals surface area contributed by atoms with Gasteiger partial charge in [-0.05, 0) is 43.2 Å². The molecule has 0 aliphatic carbocycles. The molecule has 6 rings (SSSR count). The number of furan rings is 1. The zero-order chi connectivity index (χ0) is 22.6. The molecule has 33 heavy (non-hydrogen) atoms. The van der Waals surface area contributed by atoms with Crippen molar-refractivity contribution >= 4 is 26.5 Å². The van der Waals surface area contributed by atoms with Gasteiger partial charge in [0.25, 0.3) is 0 Å². The van der Waals surface area contributed by atoms with E-state index in [2.05, 4.69) is 15.3 Å². The highest BCUT2D eigenvalue weighted by atomic mass is 32.2. The van der Waals surface area contributed by atoms with E-state index >= 15 is 0 Å². The summed E-state index contributed by atoms with van der Waals surface area (Å²) in [6.45, 7) is 0.936. The van der Waals surface area contributed by atoms with Crippen LogP contribution in [0.5, 0.6) is 0 Å². The van der Waals surface area contributed by atoms with E-state index in [0.717, 1.165) is 36.1 Å². The summed E-state index contributed by atoms with van der Waals surface area (Å²) in [5, 5.41) is 8.68. The van der Waals surface area contributed by atoms with Crippen molar-refractivity contribution in [1.29, 1.82) is 0 Å². The molecule has 3 aromatic heterocycles. The molecule has 4 aromatic rings. The summed E-state index contributed by atoms with van der Waals surface area (Å²) in [6.07, 6.45) is 7.15. The molecule has 8 nitrogen and oxygen atoms in total. The van der Waals surface area contributed by atoms with Gasteiger partial charge < -0.3 is 9.73 Å². The van der Waals surface area contributed by atoms with Crippen molar-refractivity contribution in [3.63, 3.8) is 0 Å². The second-order valence-electron chi connectivity index (χ2n) is 8.39. The lowest BCUT2D eigenvalue weighted by molar-refractivity contribution is 0.474. The third kappa shape index (κ3) is 3.60. The highest BCUT2D eigenvalue weighted by molar-refractivity contribution is 7.92. The van der Waals surface area contributed by atoms with Crippen LogP contribution in [0, 0.1) is 5.82 Å². The summed E-state index contributed by atoms with van der Waals surface area (Å²) in [4.78, 5) is 8.84. The summed E-state index contributed by atoms with van der Waals surface area (Å²) in [6, 6.07) is 7.75. The highest BCUT2D eigenvalue weighted by Crippen LogP contribution is 2.38. The van der Waals surface area contributed by atoms with Gasteiger partial charge in [0.15, 0.2) is 9.84 Å². The molecule has 1 aromatic carbocycles. The molecular formula is C23H20FN5O3S. The Hall–Kier alpha value is -3.53. The Bertz CT molecular complexity index is 1490. The number of allylic oxidation sites excluding steroid dienone is 1. The lowest BCUT2D eigenvalue weighted by atomic mass is 10.0. The zero-order valence-corrected chi connectivity index (χ0v) is 18.3. The van der Waals surface area contributed by atoms with Crippen LogP contribution in [0.4, 0.5) is 4.39 Å². The number of rotatable bonds is 4. The van der Waals surface area contributed by atoms with Gasteiger partial charge in [-0.3, -0.25) is 4.68 Å². The fourth-order valence-corrected chi connectivity index (χ4v) is 5.71. The molecular weight excluding hydrogens is 445 g/mol. The molecule has 2 aliphatic rings. The SMILES string of the molecule is O=S1(=O)CC(n2cc(-c3ncnc4oc(C5=CNCCC5)cc34)c(-c3ccc(F)cc3)n2)C1. The first-order valence-electron chi connectivity index (χ1n) is 10.7. The minimum atomic E-state index is -3.02. The van der Waals surface area contributed by atoms with E-state index in [-0.39, 0.29) is 23.4 Å². The molecule has 1 fully saturated rings. The van der Waals surface area contributed by atoms with Crippen LogP contribution >= 0.6 is 0 Å². The van der Waals surface area contributed by atoms with Gasteiger partial charge in [-0.2, -0.15) is 5.10 Å². The van der Waals surface area contributed by atoms with E-state index in [1.165, 1.54) is 18.5 Å². The molecule has 0 spiro atoms. The Labute approximate surface area is 189 Å². The van der Waals surface area contributed by atoms with Crippen LogP contribution in [0.2, 0.25) is 0 Å². The molecule has 168 valence electrons. The van der Waals surface area contributed by atoms with Crippen LogP contribution in [0.15, 0.2) is 53.5 Å². The third-order valence-corrected chi connectivity index (χ3v) is 7.85. The Morgan fingerprint density at radius 2 is 1.94 bits per heavy atom. The first-order valence-corrected chi connectivity index (χ1v) is 12.5. The van der Waals surface area contributed by atoms with E-state index in [1.807, 2.05) is 18.5 Å². The lowest BCUT2D eigenvalue weighted by Crippen LogP contribution is -2.38. The van der Waals surface area contributed by atoms with E-state index < -0.39 is 9.84 Å². The number of sulfone groups is 1. The van der Waals surface area contributed by atoms with Crippen molar-refractivity contribution < 1.29 is 17.2 Å². The topological polar surface area (TPSA) is 103 Å². The standard InChI is InChI=1S/C23H20FN5O3S/c24-16-5-3-14(4-6-16)21-19(10-29(28-21)17-11-33(30,31)12-17)22-18-8-20(15-2-1-7-25-9-15)32-23(18)27-13-26-22/h3-6,8-10,13,17,25H,1-2,7,11-12H2. The van der Waals surface area contributed by atoms with Crippen molar-refractivity contribution in [2.24, 2.45) is 0 Å². The van der Waals surface area contributed by atoms with Crippen molar-refractivity contribution in [2.75, 3.05) is 18.1 Å². The average Bonchev–Trinajstić information content (AvgIpc) is 3.43. The van der Waals surface area contributed by atoms with E-state index in [9.17, 15) is 12.8 Å². The first-order chi connectivity index (χ1) is 16.0. The van der Waals surface area contributed by atoms with Crippen LogP contribution in [-0.2, 0) is 9.84 Å². The Morgan fingerprint density at radius 3 is 2.67 bits per heavy atom. The van der Waals surface area contributed by atoms with Crippen molar-refractivity contribution in [2.45, 2.75) is 18.9 Å². The monoisotopic (exact) mass is 465 g/mol. The number of halogens is 1. The van der Waals surface area contributed by atoms with Gasteiger partial charge in [-0.25, -0.2) is 22.8 Å². The maximum absolute atomic E-state index is 13.6.